The van der Waals surface area contributed by atoms with Crippen molar-refractivity contribution in [3.8, 4) is 5.75 Å². The highest BCUT2D eigenvalue weighted by atomic mass is 28.4. The Kier molecular flexibility index (Phi) is 6.08. The van der Waals surface area contributed by atoms with Crippen LogP contribution in [0.1, 0.15) is 33.6 Å². The Morgan fingerprint density at radius 2 is 1.75 bits per heavy atom. The first kappa shape index (κ1) is 17.0. The molecule has 0 bridgehead atoms. The average Bonchev–Trinajstić information content (AvgIpc) is 2.32. The minimum atomic E-state index is -1.59. The van der Waals surface area contributed by atoms with E-state index < -0.39 is 8.32 Å². The van der Waals surface area contributed by atoms with Gasteiger partial charge < -0.3 is 14.9 Å². The fraction of sp³-hybridized carbons (Fsp3) is 0.625. The van der Waals surface area contributed by atoms with Crippen molar-refractivity contribution in [1.82, 2.24) is 0 Å². The maximum Gasteiger partial charge on any atom is 0.191 e. The molecule has 0 aromatic heterocycles. The number of benzene rings is 1. The van der Waals surface area contributed by atoms with E-state index in [0.29, 0.717) is 6.61 Å². The molecule has 0 aliphatic rings. The number of unbranched alkanes of at least 4 members (excludes halogenated alkanes) is 1. The van der Waals surface area contributed by atoms with Gasteiger partial charge in [0, 0.05) is 18.4 Å². The van der Waals surface area contributed by atoms with Crippen molar-refractivity contribution in [2.24, 2.45) is 0 Å². The predicted octanol–water partition coefficient (Wildman–Crippen LogP) is 4.45. The van der Waals surface area contributed by atoms with Crippen molar-refractivity contribution in [3.05, 3.63) is 24.3 Å². The second-order valence-corrected chi connectivity index (χ2v) is 11.5. The normalized spacial score (nSPS) is 12.4. The van der Waals surface area contributed by atoms with E-state index in [4.69, 9.17) is 14.9 Å². The van der Waals surface area contributed by atoms with Crippen LogP contribution in [0.4, 0.5) is 5.69 Å². The molecule has 1 aromatic carbocycles. The topological polar surface area (TPSA) is 44.5 Å². The minimum Gasteiger partial charge on any atom is -0.494 e. The zero-order valence-electron chi connectivity index (χ0n) is 13.5. The van der Waals surface area contributed by atoms with Crippen LogP contribution < -0.4 is 10.5 Å². The zero-order chi connectivity index (χ0) is 15.2. The Labute approximate surface area is 124 Å². The van der Waals surface area contributed by atoms with Gasteiger partial charge in [0.15, 0.2) is 8.32 Å². The van der Waals surface area contributed by atoms with Crippen molar-refractivity contribution >= 4 is 14.0 Å². The Morgan fingerprint density at radius 3 is 2.35 bits per heavy atom. The smallest absolute Gasteiger partial charge is 0.191 e. The van der Waals surface area contributed by atoms with Gasteiger partial charge >= 0.3 is 0 Å². The molecule has 0 unspecified atom stereocenters. The number of hydrogen-bond donors (Lipinski definition) is 1. The van der Waals surface area contributed by atoms with E-state index in [1.54, 1.807) is 0 Å². The highest BCUT2D eigenvalue weighted by molar-refractivity contribution is 6.74. The third-order valence-corrected chi connectivity index (χ3v) is 8.47. The minimum absolute atomic E-state index is 0.283. The molecule has 0 amide bonds. The van der Waals surface area contributed by atoms with Crippen LogP contribution in [0.3, 0.4) is 0 Å². The van der Waals surface area contributed by atoms with Crippen LogP contribution >= 0.6 is 0 Å². The van der Waals surface area contributed by atoms with E-state index in [-0.39, 0.29) is 5.04 Å². The molecule has 0 spiro atoms. The van der Waals surface area contributed by atoms with Crippen molar-refractivity contribution in [1.29, 1.82) is 0 Å². The maximum absolute atomic E-state index is 6.13. The first-order valence-electron chi connectivity index (χ1n) is 7.35. The molecule has 20 heavy (non-hydrogen) atoms. The standard InChI is InChI=1S/C16H29NO2Si/c1-16(2,3)20(4,5)19-12-7-6-11-18-15-10-8-9-14(17)13-15/h8-10,13H,6-7,11-12,17H2,1-5H3. The van der Waals surface area contributed by atoms with Gasteiger partial charge in [0.2, 0.25) is 0 Å². The summed E-state index contributed by atoms with van der Waals surface area (Å²) in [7, 11) is -1.59. The molecule has 0 fully saturated rings. The SMILES string of the molecule is CC(C)(C)[Si](C)(C)OCCCCOc1cccc(N)c1. The molecule has 0 aliphatic carbocycles. The van der Waals surface area contributed by atoms with Crippen LogP contribution in [0.25, 0.3) is 0 Å². The number of ether oxygens (including phenoxy) is 1. The van der Waals surface area contributed by atoms with Gasteiger partial charge in [0.1, 0.15) is 5.75 Å². The predicted molar refractivity (Wildman–Crippen MR) is 88.7 cm³/mol. The zero-order valence-corrected chi connectivity index (χ0v) is 14.5. The Bertz CT molecular complexity index is 413. The number of anilines is 1. The van der Waals surface area contributed by atoms with Gasteiger partial charge in [-0.3, -0.25) is 0 Å². The van der Waals surface area contributed by atoms with Crippen LogP contribution in [0, 0.1) is 0 Å². The van der Waals surface area contributed by atoms with Gasteiger partial charge in [0.25, 0.3) is 0 Å². The van der Waals surface area contributed by atoms with Gasteiger partial charge in [-0.05, 0) is 43.1 Å². The van der Waals surface area contributed by atoms with E-state index >= 15 is 0 Å². The fourth-order valence-corrected chi connectivity index (χ4v) is 2.63. The average molecular weight is 295 g/mol. The van der Waals surface area contributed by atoms with Crippen LogP contribution in [0.2, 0.25) is 18.1 Å². The third-order valence-electron chi connectivity index (χ3n) is 3.93. The van der Waals surface area contributed by atoms with Crippen molar-refractivity contribution in [2.75, 3.05) is 18.9 Å². The first-order chi connectivity index (χ1) is 9.22. The number of rotatable bonds is 7. The molecular formula is C16H29NO2Si. The van der Waals surface area contributed by atoms with Crippen LogP contribution in [0.15, 0.2) is 24.3 Å². The molecule has 2 N–H and O–H groups in total. The highest BCUT2D eigenvalue weighted by Gasteiger charge is 2.36. The van der Waals surface area contributed by atoms with E-state index in [1.165, 1.54) is 0 Å². The van der Waals surface area contributed by atoms with Crippen molar-refractivity contribution in [2.45, 2.75) is 51.7 Å². The molecule has 0 saturated carbocycles. The molecule has 0 heterocycles. The summed E-state index contributed by atoms with van der Waals surface area (Å²) in [6.07, 6.45) is 2.04. The summed E-state index contributed by atoms with van der Waals surface area (Å²) >= 11 is 0. The second-order valence-electron chi connectivity index (χ2n) is 6.74. The Morgan fingerprint density at radius 1 is 1.10 bits per heavy atom. The van der Waals surface area contributed by atoms with Gasteiger partial charge in [-0.15, -0.1) is 0 Å². The lowest BCUT2D eigenvalue weighted by molar-refractivity contribution is 0.252. The van der Waals surface area contributed by atoms with Gasteiger partial charge in [-0.25, -0.2) is 0 Å². The Balaban J connectivity index is 2.17. The molecular weight excluding hydrogens is 266 g/mol. The summed E-state index contributed by atoms with van der Waals surface area (Å²) in [6, 6.07) is 7.56. The van der Waals surface area contributed by atoms with Crippen LogP contribution in [0.5, 0.6) is 5.75 Å². The van der Waals surface area contributed by atoms with Gasteiger partial charge in [0.05, 0.1) is 6.61 Å². The monoisotopic (exact) mass is 295 g/mol. The molecule has 4 heteroatoms. The van der Waals surface area contributed by atoms with Crippen molar-refractivity contribution < 1.29 is 9.16 Å². The highest BCUT2D eigenvalue weighted by Crippen LogP contribution is 2.36. The van der Waals surface area contributed by atoms with E-state index in [2.05, 4.69) is 33.9 Å². The fourth-order valence-electron chi connectivity index (χ4n) is 1.54. The summed E-state index contributed by atoms with van der Waals surface area (Å²) in [6.45, 7) is 12.9. The summed E-state index contributed by atoms with van der Waals surface area (Å²) in [5.41, 5.74) is 6.44. The number of hydrogen-bond acceptors (Lipinski definition) is 3. The molecule has 1 aromatic rings. The summed E-state index contributed by atoms with van der Waals surface area (Å²) in [5.74, 6) is 0.843. The lowest BCUT2D eigenvalue weighted by Gasteiger charge is -2.36. The lowest BCUT2D eigenvalue weighted by Crippen LogP contribution is -2.41. The molecule has 0 atom stereocenters. The number of nitrogens with two attached hydrogens (primary N) is 1. The second kappa shape index (κ2) is 7.13. The lowest BCUT2D eigenvalue weighted by atomic mass is 10.2. The first-order valence-corrected chi connectivity index (χ1v) is 10.3. The molecule has 114 valence electrons. The van der Waals surface area contributed by atoms with E-state index in [1.807, 2.05) is 24.3 Å². The quantitative estimate of drug-likeness (QED) is 0.459. The summed E-state index contributed by atoms with van der Waals surface area (Å²) in [5, 5.41) is 0.283. The third kappa shape index (κ3) is 5.55. The maximum atomic E-state index is 6.13. The Hall–Kier alpha value is -1.00. The van der Waals surface area contributed by atoms with Gasteiger partial charge in [-0.1, -0.05) is 26.8 Å². The molecule has 0 saturated heterocycles. The van der Waals surface area contributed by atoms with Crippen LogP contribution in [-0.4, -0.2) is 21.5 Å². The number of nitrogen functional groups attached to an aromatic ring is 1. The molecule has 0 radical (unpaired) electrons. The summed E-state index contributed by atoms with van der Waals surface area (Å²) < 4.78 is 11.8. The van der Waals surface area contributed by atoms with Crippen LogP contribution in [-0.2, 0) is 4.43 Å². The molecule has 1 rings (SSSR count). The molecule has 0 aliphatic heterocycles. The largest absolute Gasteiger partial charge is 0.494 e. The molecule has 3 nitrogen and oxygen atoms in total. The van der Waals surface area contributed by atoms with Crippen molar-refractivity contribution in [3.63, 3.8) is 0 Å². The summed E-state index contributed by atoms with van der Waals surface area (Å²) in [4.78, 5) is 0. The van der Waals surface area contributed by atoms with E-state index in [9.17, 15) is 0 Å². The van der Waals surface area contributed by atoms with E-state index in [0.717, 1.165) is 30.9 Å². The van der Waals surface area contributed by atoms with Gasteiger partial charge in [-0.2, -0.15) is 0 Å².